The van der Waals surface area contributed by atoms with Gasteiger partial charge in [-0.2, -0.15) is 4.98 Å². The normalized spacial score (nSPS) is 25.5. The van der Waals surface area contributed by atoms with Crippen LogP contribution in [0, 0.1) is 27.4 Å². The second kappa shape index (κ2) is 19.3. The van der Waals surface area contributed by atoms with E-state index in [1.165, 1.54) is 48.9 Å². The molecule has 3 saturated heterocycles. The zero-order valence-corrected chi connectivity index (χ0v) is 42.7. The van der Waals surface area contributed by atoms with Gasteiger partial charge in [0.25, 0.3) is 21.6 Å². The minimum absolute atomic E-state index is 0.0763. The highest BCUT2D eigenvalue weighted by atomic mass is 32.2. The number of hydrogen-bond acceptors (Lipinski definition) is 13. The number of pyridine rings is 1. The molecule has 2 aromatic heterocycles. The number of carbonyl (C=O) groups is 1. The fourth-order valence-electron chi connectivity index (χ4n) is 12.8. The first kappa shape index (κ1) is 48.5. The van der Waals surface area contributed by atoms with Gasteiger partial charge in [-0.25, -0.2) is 13.1 Å². The molecular formula is C55H68N8O8S. The van der Waals surface area contributed by atoms with Crippen molar-refractivity contribution in [2.75, 3.05) is 68.2 Å². The molecule has 2 aliphatic carbocycles. The smallest absolute Gasteiger partial charge is 0.293 e. The predicted molar refractivity (Wildman–Crippen MR) is 278 cm³/mol. The molecule has 17 heteroatoms. The molecule has 16 nitrogen and oxygen atoms in total. The van der Waals surface area contributed by atoms with E-state index in [4.69, 9.17) is 19.2 Å². The van der Waals surface area contributed by atoms with Crippen molar-refractivity contribution in [3.63, 3.8) is 0 Å². The zero-order valence-electron chi connectivity index (χ0n) is 41.9. The number of hydrogen-bond donors (Lipinski definition) is 3. The zero-order chi connectivity index (χ0) is 49.9. The number of carbonyl (C=O) groups excluding carboxylic acids is 1. The van der Waals surface area contributed by atoms with Crippen LogP contribution in [0.4, 0.5) is 28.4 Å². The lowest BCUT2D eigenvalue weighted by Crippen LogP contribution is -2.55. The van der Waals surface area contributed by atoms with E-state index >= 15 is 0 Å². The third-order valence-corrected chi connectivity index (χ3v) is 18.6. The first-order valence-electron chi connectivity index (χ1n) is 26.1. The molecule has 11 rings (SSSR count). The number of benzene rings is 3. The van der Waals surface area contributed by atoms with Crippen LogP contribution in [0.1, 0.15) is 118 Å². The number of methoxy groups -OCH3 is 1. The number of piperidine rings is 1. The van der Waals surface area contributed by atoms with Gasteiger partial charge < -0.3 is 34.3 Å². The van der Waals surface area contributed by atoms with Gasteiger partial charge in [0.15, 0.2) is 0 Å². The number of aromatic amines is 1. The molecular weight excluding hydrogens is 933 g/mol. The number of H-pyrrole nitrogens is 1. The molecule has 382 valence electrons. The Kier molecular flexibility index (Phi) is 13.0. The Hall–Kier alpha value is -5.75. The Morgan fingerprint density at radius 3 is 2.53 bits per heavy atom. The number of sulfonamides is 1. The van der Waals surface area contributed by atoms with Gasteiger partial charge in [0, 0.05) is 74.6 Å². The van der Waals surface area contributed by atoms with Gasteiger partial charge in [-0.1, -0.05) is 38.1 Å². The molecule has 3 N–H and O–H groups in total. The molecule has 5 aromatic rings. The molecule has 4 aliphatic heterocycles. The third kappa shape index (κ3) is 9.30. The Labute approximate surface area is 422 Å². The monoisotopic (exact) mass is 1000 g/mol. The van der Waals surface area contributed by atoms with Gasteiger partial charge in [-0.15, -0.1) is 0 Å². The van der Waals surface area contributed by atoms with Crippen LogP contribution >= 0.6 is 0 Å². The average molecular weight is 1000 g/mol. The number of likely N-dealkylation sites (tertiary alicyclic amines) is 1. The Morgan fingerprint density at radius 2 is 1.76 bits per heavy atom. The second-order valence-electron chi connectivity index (χ2n) is 22.1. The number of nitro benzene ring substituents is 1. The van der Waals surface area contributed by atoms with E-state index < -0.39 is 20.9 Å². The van der Waals surface area contributed by atoms with Crippen LogP contribution < -0.4 is 24.6 Å². The topological polar surface area (TPSA) is 184 Å². The summed E-state index contributed by atoms with van der Waals surface area (Å²) in [5.74, 6) is 0.219. The van der Waals surface area contributed by atoms with E-state index in [1.807, 2.05) is 35.4 Å². The summed E-state index contributed by atoms with van der Waals surface area (Å²) in [6, 6.07) is 23.3. The van der Waals surface area contributed by atoms with E-state index in [1.54, 1.807) is 13.2 Å². The molecule has 1 amide bonds. The summed E-state index contributed by atoms with van der Waals surface area (Å²) in [5, 5.41) is 16.5. The van der Waals surface area contributed by atoms with Gasteiger partial charge in [0.2, 0.25) is 5.88 Å². The van der Waals surface area contributed by atoms with Gasteiger partial charge in [-0.05, 0) is 149 Å². The van der Waals surface area contributed by atoms with Crippen LogP contribution in [0.15, 0.2) is 83.9 Å². The number of nitro groups is 1. The number of nitrogens with zero attached hydrogens (tertiary/aromatic N) is 5. The molecule has 3 atom stereocenters. The van der Waals surface area contributed by atoms with Crippen molar-refractivity contribution in [2.24, 2.45) is 17.3 Å². The van der Waals surface area contributed by atoms with E-state index in [2.05, 4.69) is 69.9 Å². The van der Waals surface area contributed by atoms with Crippen LogP contribution in [-0.4, -0.2) is 105 Å². The summed E-state index contributed by atoms with van der Waals surface area (Å²) in [7, 11) is -2.87. The number of nitrogens with one attached hydrogen (secondary N) is 3. The number of amides is 1. The van der Waals surface area contributed by atoms with Gasteiger partial charge in [0.05, 0.1) is 39.9 Å². The summed E-state index contributed by atoms with van der Waals surface area (Å²) in [6.45, 7) is 11.3. The van der Waals surface area contributed by atoms with E-state index in [-0.39, 0.29) is 45.4 Å². The maximum atomic E-state index is 14.7. The summed E-state index contributed by atoms with van der Waals surface area (Å²) >= 11 is 0. The average Bonchev–Trinajstić information content (AvgIpc) is 4.14. The Morgan fingerprint density at radius 1 is 0.972 bits per heavy atom. The lowest BCUT2D eigenvalue weighted by Gasteiger charge is -2.56. The highest BCUT2D eigenvalue weighted by Crippen LogP contribution is 2.55. The fourth-order valence-corrected chi connectivity index (χ4v) is 13.8. The van der Waals surface area contributed by atoms with Crippen molar-refractivity contribution >= 4 is 55.4 Å². The SMILES string of the molecule is COC1(C)CCC(CNc2ccc(S(=O)(=O)NC(=O)c3ccc(N4CCC5(CC4)CC(N4CCC[C@H]4c4ccccc4C(C)C)C5)cc3N3C[C@@H]4COC[C@H]4Oc4nc5[nH]ccc5cc43)cc2[N+](=O)[O-])CC1. The lowest BCUT2D eigenvalue weighted by atomic mass is 9.59. The molecule has 3 aromatic carbocycles. The highest BCUT2D eigenvalue weighted by Gasteiger charge is 2.50. The Bertz CT molecular complexity index is 2960. The summed E-state index contributed by atoms with van der Waals surface area (Å²) in [5.41, 5.74) is 5.78. The Balaban J connectivity index is 0.854. The van der Waals surface area contributed by atoms with Crippen LogP contribution in [0.2, 0.25) is 0 Å². The van der Waals surface area contributed by atoms with Crippen molar-refractivity contribution < 1.29 is 32.3 Å². The lowest BCUT2D eigenvalue weighted by molar-refractivity contribution is -0.384. The van der Waals surface area contributed by atoms with Crippen molar-refractivity contribution in [2.45, 2.75) is 120 Å². The number of rotatable bonds is 13. The van der Waals surface area contributed by atoms with Gasteiger partial charge in [-0.3, -0.25) is 19.8 Å². The molecule has 0 radical (unpaired) electrons. The summed E-state index contributed by atoms with van der Waals surface area (Å²) in [4.78, 5) is 41.4. The standard InChI is InChI=1S/C55H68N8O8S/c1-35(2)42-8-5-6-9-43(42)46-10-7-23-61(46)40-29-55(30-40)20-24-60(25-21-55)39-11-13-44(47(27-39)62-32-38-33-70-34-50(38)71-53-49(62)26-37-17-22-56-51(37)58-53)52(64)59-72(67,68)41-12-14-45(48(28-41)63(65)66)57-31-36-15-18-54(3,69-4)19-16-36/h5-6,8-9,11-14,17,22,26-28,35-36,38,40,46,50,57H,7,10,15-16,18-21,23-25,29-34H2,1-4H3,(H,56,58)(H,59,64)/t36?,38-,46+,50-,54?/m1/s1. The number of anilines is 4. The molecule has 1 spiro atoms. The maximum absolute atomic E-state index is 14.7. The minimum atomic E-state index is -4.60. The third-order valence-electron chi connectivity index (χ3n) is 17.3. The van der Waals surface area contributed by atoms with Crippen molar-refractivity contribution in [3.8, 4) is 5.88 Å². The van der Waals surface area contributed by atoms with E-state index in [9.17, 15) is 23.3 Å². The number of ether oxygens (including phenoxy) is 3. The molecule has 6 heterocycles. The maximum Gasteiger partial charge on any atom is 0.293 e. The van der Waals surface area contributed by atoms with Gasteiger partial charge >= 0.3 is 0 Å². The molecule has 6 aliphatic rings. The quantitative estimate of drug-likeness (QED) is 0.0749. The molecule has 5 fully saturated rings. The first-order chi connectivity index (χ1) is 34.7. The van der Waals surface area contributed by atoms with E-state index in [0.717, 1.165) is 75.3 Å². The second-order valence-corrected chi connectivity index (χ2v) is 23.8. The number of aromatic nitrogens is 2. The largest absolute Gasteiger partial charge is 0.470 e. The summed E-state index contributed by atoms with van der Waals surface area (Å²) in [6.07, 6.45) is 12.1. The van der Waals surface area contributed by atoms with Crippen LogP contribution in [-0.2, 0) is 19.5 Å². The van der Waals surface area contributed by atoms with Crippen LogP contribution in [0.5, 0.6) is 5.88 Å². The van der Waals surface area contributed by atoms with Crippen molar-refractivity contribution in [1.82, 2.24) is 19.6 Å². The first-order valence-corrected chi connectivity index (χ1v) is 27.6. The molecule has 72 heavy (non-hydrogen) atoms. The number of fused-ring (bicyclic) bond motifs is 3. The van der Waals surface area contributed by atoms with Crippen molar-refractivity contribution in [3.05, 3.63) is 106 Å². The fraction of sp³-hybridized carbons (Fsp3) is 0.527. The molecule has 2 saturated carbocycles. The molecule has 0 unspecified atom stereocenters. The van der Waals surface area contributed by atoms with E-state index in [0.29, 0.717) is 72.6 Å². The van der Waals surface area contributed by atoms with Crippen LogP contribution in [0.3, 0.4) is 0 Å². The van der Waals surface area contributed by atoms with Crippen molar-refractivity contribution in [1.29, 1.82) is 0 Å². The van der Waals surface area contributed by atoms with Crippen LogP contribution in [0.25, 0.3) is 11.0 Å². The minimum Gasteiger partial charge on any atom is -0.470 e. The highest BCUT2D eigenvalue weighted by molar-refractivity contribution is 7.90. The molecule has 0 bridgehead atoms. The summed E-state index contributed by atoms with van der Waals surface area (Å²) < 4.78 is 48.8. The van der Waals surface area contributed by atoms with Gasteiger partial charge in [0.1, 0.15) is 23.1 Å². The predicted octanol–water partition coefficient (Wildman–Crippen LogP) is 9.85.